The maximum absolute atomic E-state index is 12.5. The summed E-state index contributed by atoms with van der Waals surface area (Å²) in [6, 6.07) is 15.4. The molecular weight excluding hydrogens is 340 g/mol. The maximum Gasteiger partial charge on any atom is 0.237 e. The summed E-state index contributed by atoms with van der Waals surface area (Å²) in [5.41, 5.74) is 1.90. The molecule has 1 aromatic heterocycles. The van der Waals surface area contributed by atoms with Gasteiger partial charge in [0.2, 0.25) is 11.8 Å². The number of carbonyl (C=O) groups excluding carboxylic acids is 2. The Morgan fingerprint density at radius 1 is 1.15 bits per heavy atom. The predicted molar refractivity (Wildman–Crippen MR) is 104 cm³/mol. The van der Waals surface area contributed by atoms with Crippen molar-refractivity contribution in [2.45, 2.75) is 38.4 Å². The van der Waals surface area contributed by atoms with Crippen LogP contribution in [0, 0.1) is 0 Å². The summed E-state index contributed by atoms with van der Waals surface area (Å²) in [6.45, 7) is 3.87. The Morgan fingerprint density at radius 2 is 1.93 bits per heavy atom. The number of nitrogens with zero attached hydrogens (tertiary/aromatic N) is 2. The van der Waals surface area contributed by atoms with Gasteiger partial charge in [-0.05, 0) is 31.0 Å². The number of benzene rings is 1. The van der Waals surface area contributed by atoms with Crippen LogP contribution in [0.25, 0.3) is 0 Å². The Bertz CT molecular complexity index is 751. The molecule has 2 atom stereocenters. The first-order chi connectivity index (χ1) is 13.2. The SMILES string of the molecule is CCNC(=O)[C@@H]1C[C@H](NC(=O)Cc2ccccn2)CN1Cc1ccccc1. The number of pyridine rings is 1. The van der Waals surface area contributed by atoms with Crippen LogP contribution < -0.4 is 10.6 Å². The van der Waals surface area contributed by atoms with Gasteiger partial charge >= 0.3 is 0 Å². The zero-order valence-electron chi connectivity index (χ0n) is 15.6. The van der Waals surface area contributed by atoms with Gasteiger partial charge in [-0.25, -0.2) is 0 Å². The van der Waals surface area contributed by atoms with Gasteiger partial charge in [0.25, 0.3) is 0 Å². The number of carbonyl (C=O) groups is 2. The number of aromatic nitrogens is 1. The molecule has 1 saturated heterocycles. The van der Waals surface area contributed by atoms with Crippen LogP contribution in [0.4, 0.5) is 0 Å². The van der Waals surface area contributed by atoms with Crippen molar-refractivity contribution in [3.63, 3.8) is 0 Å². The molecule has 0 spiro atoms. The van der Waals surface area contributed by atoms with Crippen molar-refractivity contribution in [3.8, 4) is 0 Å². The minimum absolute atomic E-state index is 0.0231. The van der Waals surface area contributed by atoms with Gasteiger partial charge in [-0.2, -0.15) is 0 Å². The molecule has 0 saturated carbocycles. The smallest absolute Gasteiger partial charge is 0.237 e. The van der Waals surface area contributed by atoms with Gasteiger partial charge in [-0.3, -0.25) is 19.5 Å². The van der Waals surface area contributed by atoms with Gasteiger partial charge in [0.15, 0.2) is 0 Å². The molecule has 0 aliphatic carbocycles. The summed E-state index contributed by atoms with van der Waals surface area (Å²) >= 11 is 0. The molecule has 1 fully saturated rings. The molecule has 1 aliphatic rings. The molecular formula is C21H26N4O2. The second-order valence-electron chi connectivity index (χ2n) is 6.82. The fraction of sp³-hybridized carbons (Fsp3) is 0.381. The largest absolute Gasteiger partial charge is 0.355 e. The van der Waals surface area contributed by atoms with Gasteiger partial charge in [-0.1, -0.05) is 36.4 Å². The van der Waals surface area contributed by atoms with Crippen LogP contribution in [-0.2, 0) is 22.6 Å². The van der Waals surface area contributed by atoms with Crippen molar-refractivity contribution < 1.29 is 9.59 Å². The van der Waals surface area contributed by atoms with Crippen LogP contribution in [0.2, 0.25) is 0 Å². The predicted octanol–water partition coefficient (Wildman–Crippen LogP) is 1.52. The van der Waals surface area contributed by atoms with Crippen LogP contribution in [0.1, 0.15) is 24.6 Å². The minimum Gasteiger partial charge on any atom is -0.355 e. The van der Waals surface area contributed by atoms with Gasteiger partial charge in [0.1, 0.15) is 0 Å². The topological polar surface area (TPSA) is 74.3 Å². The molecule has 2 heterocycles. The van der Waals surface area contributed by atoms with Crippen molar-refractivity contribution >= 4 is 11.8 Å². The summed E-state index contributed by atoms with van der Waals surface area (Å²) in [5.74, 6) is -0.0372. The number of likely N-dealkylation sites (N-methyl/N-ethyl adjacent to an activating group) is 1. The lowest BCUT2D eigenvalue weighted by Crippen LogP contribution is -2.42. The van der Waals surface area contributed by atoms with Crippen molar-refractivity contribution in [1.82, 2.24) is 20.5 Å². The third-order valence-corrected chi connectivity index (χ3v) is 4.72. The van der Waals surface area contributed by atoms with Crippen molar-refractivity contribution in [2.24, 2.45) is 0 Å². The van der Waals surface area contributed by atoms with E-state index in [1.165, 1.54) is 0 Å². The summed E-state index contributed by atoms with van der Waals surface area (Å²) in [6.07, 6.45) is 2.55. The summed E-state index contributed by atoms with van der Waals surface area (Å²) in [7, 11) is 0. The van der Waals surface area contributed by atoms with E-state index >= 15 is 0 Å². The van der Waals surface area contributed by atoms with Crippen LogP contribution in [0.15, 0.2) is 54.7 Å². The standard InChI is InChI=1S/C21H26N4O2/c1-2-22-21(27)19-12-18(15-25(19)14-16-8-4-3-5-9-16)24-20(26)13-17-10-6-7-11-23-17/h3-11,18-19H,2,12-15H2,1H3,(H,22,27)(H,24,26)/t18-,19-/m0/s1. The number of amides is 2. The van der Waals surface area contributed by atoms with Crippen molar-refractivity contribution in [3.05, 3.63) is 66.0 Å². The highest BCUT2D eigenvalue weighted by Crippen LogP contribution is 2.21. The Kier molecular flexibility index (Phi) is 6.54. The van der Waals surface area contributed by atoms with E-state index in [1.54, 1.807) is 6.20 Å². The van der Waals surface area contributed by atoms with Crippen LogP contribution in [0.3, 0.4) is 0 Å². The van der Waals surface area contributed by atoms with Crippen molar-refractivity contribution in [1.29, 1.82) is 0 Å². The minimum atomic E-state index is -0.231. The zero-order chi connectivity index (χ0) is 19.1. The first-order valence-corrected chi connectivity index (χ1v) is 9.40. The first kappa shape index (κ1) is 19.0. The third kappa shape index (κ3) is 5.37. The number of nitrogens with one attached hydrogen (secondary N) is 2. The summed E-state index contributed by atoms with van der Waals surface area (Å²) in [4.78, 5) is 31.2. The van der Waals surface area contributed by atoms with Gasteiger partial charge in [-0.15, -0.1) is 0 Å². The molecule has 0 bridgehead atoms. The second-order valence-corrected chi connectivity index (χ2v) is 6.82. The molecule has 2 aromatic rings. The van der Waals surface area contributed by atoms with Crippen molar-refractivity contribution in [2.75, 3.05) is 13.1 Å². The van der Waals surface area contributed by atoms with E-state index in [4.69, 9.17) is 0 Å². The van der Waals surface area contributed by atoms with E-state index in [0.29, 0.717) is 26.1 Å². The molecule has 6 nitrogen and oxygen atoms in total. The van der Waals surface area contributed by atoms with E-state index < -0.39 is 0 Å². The summed E-state index contributed by atoms with van der Waals surface area (Å²) < 4.78 is 0. The quantitative estimate of drug-likeness (QED) is 0.779. The molecule has 0 radical (unpaired) electrons. The summed E-state index contributed by atoms with van der Waals surface area (Å²) in [5, 5.41) is 5.98. The Labute approximate surface area is 160 Å². The van der Waals surface area contributed by atoms with Gasteiger partial charge in [0.05, 0.1) is 12.5 Å². The molecule has 27 heavy (non-hydrogen) atoms. The average Bonchev–Trinajstić information content (AvgIpc) is 3.05. The molecule has 3 rings (SSSR count). The van der Waals surface area contributed by atoms with E-state index in [9.17, 15) is 9.59 Å². The highest BCUT2D eigenvalue weighted by Gasteiger charge is 2.37. The Morgan fingerprint density at radius 3 is 2.63 bits per heavy atom. The highest BCUT2D eigenvalue weighted by molar-refractivity contribution is 5.83. The van der Waals surface area contributed by atoms with E-state index in [2.05, 4.69) is 32.7 Å². The molecule has 2 amide bonds. The number of hydrogen-bond acceptors (Lipinski definition) is 4. The zero-order valence-corrected chi connectivity index (χ0v) is 15.6. The molecule has 2 N–H and O–H groups in total. The lowest BCUT2D eigenvalue weighted by molar-refractivity contribution is -0.125. The third-order valence-electron chi connectivity index (χ3n) is 4.72. The van der Waals surface area contributed by atoms with E-state index in [1.807, 2.05) is 43.3 Å². The molecule has 1 aromatic carbocycles. The number of rotatable bonds is 7. The number of hydrogen-bond donors (Lipinski definition) is 2. The Balaban J connectivity index is 1.63. The Hall–Kier alpha value is -2.73. The molecule has 1 aliphatic heterocycles. The molecule has 6 heteroatoms. The normalized spacial score (nSPS) is 19.6. The lowest BCUT2D eigenvalue weighted by atomic mass is 10.1. The van der Waals surface area contributed by atoms with Crippen LogP contribution >= 0.6 is 0 Å². The highest BCUT2D eigenvalue weighted by atomic mass is 16.2. The van der Waals surface area contributed by atoms with E-state index in [-0.39, 0.29) is 30.3 Å². The molecule has 142 valence electrons. The number of likely N-dealkylation sites (tertiary alicyclic amines) is 1. The second kappa shape index (κ2) is 9.28. The lowest BCUT2D eigenvalue weighted by Gasteiger charge is -2.23. The monoisotopic (exact) mass is 366 g/mol. The van der Waals surface area contributed by atoms with Crippen LogP contribution in [0.5, 0.6) is 0 Å². The maximum atomic E-state index is 12.5. The molecule has 0 unspecified atom stereocenters. The fourth-order valence-electron chi connectivity index (χ4n) is 3.51. The first-order valence-electron chi connectivity index (χ1n) is 9.40. The van der Waals surface area contributed by atoms with Gasteiger partial charge in [0, 0.05) is 37.6 Å². The fourth-order valence-corrected chi connectivity index (χ4v) is 3.51. The van der Waals surface area contributed by atoms with E-state index in [0.717, 1.165) is 11.3 Å². The average molecular weight is 366 g/mol. The van der Waals surface area contributed by atoms with Crippen LogP contribution in [-0.4, -0.2) is 46.9 Å². The van der Waals surface area contributed by atoms with Gasteiger partial charge < -0.3 is 10.6 Å².